The number of nitrogens with zero attached hydrogens (tertiary/aromatic N) is 2. The van der Waals surface area contributed by atoms with E-state index >= 15 is 8.78 Å². The quantitative estimate of drug-likeness (QED) is 0.0935. The van der Waals surface area contributed by atoms with E-state index in [1.165, 1.54) is 49.8 Å². The Morgan fingerprint density at radius 1 is 0.824 bits per heavy atom. The standard InChI is InChI=1S/C37H23Cl3F4N4O3/c1-51-30-17-25(27(43)18-26(30)38)23-5-2-3-7-28(23)47-35(50)31-29(13-16-46-33(31)39)48-34(49)24-6-4-15-45-32(24)36(40)14-12-22(42)19-37(36,44)20-8-10-21(41)11-9-20/h2-19H,1H3,(H,47,50)(H,46,48,49). The maximum absolute atomic E-state index is 17.1. The number of para-hydroxylation sites is 1. The lowest BCUT2D eigenvalue weighted by Gasteiger charge is -2.39. The number of aromatic nitrogens is 2. The van der Waals surface area contributed by atoms with Gasteiger partial charge in [-0.15, -0.1) is 11.6 Å². The Balaban J connectivity index is 1.35. The minimum Gasteiger partial charge on any atom is -0.495 e. The van der Waals surface area contributed by atoms with Crippen LogP contribution >= 0.6 is 34.8 Å². The average molecular weight is 754 g/mol. The predicted molar refractivity (Wildman–Crippen MR) is 188 cm³/mol. The van der Waals surface area contributed by atoms with Crippen molar-refractivity contribution in [2.45, 2.75) is 10.5 Å². The number of nitrogens with one attached hydrogen (secondary N) is 2. The highest BCUT2D eigenvalue weighted by molar-refractivity contribution is 6.34. The normalized spacial score (nSPS) is 18.2. The molecule has 5 aromatic rings. The Morgan fingerprint density at radius 3 is 2.29 bits per heavy atom. The second-order valence-corrected chi connectivity index (χ2v) is 12.5. The number of benzene rings is 3. The van der Waals surface area contributed by atoms with Gasteiger partial charge in [0.15, 0.2) is 5.67 Å². The summed E-state index contributed by atoms with van der Waals surface area (Å²) in [5, 5.41) is 5.04. The van der Waals surface area contributed by atoms with Gasteiger partial charge >= 0.3 is 0 Å². The fourth-order valence-electron chi connectivity index (χ4n) is 5.62. The number of amides is 2. The number of anilines is 2. The fourth-order valence-corrected chi connectivity index (χ4v) is 6.47. The van der Waals surface area contributed by atoms with E-state index in [1.54, 1.807) is 18.2 Å². The van der Waals surface area contributed by atoms with E-state index in [9.17, 15) is 18.4 Å². The van der Waals surface area contributed by atoms with E-state index in [-0.39, 0.29) is 60.8 Å². The number of pyridine rings is 2. The number of hydrogen-bond acceptors (Lipinski definition) is 5. The third-order valence-corrected chi connectivity index (χ3v) is 9.25. The summed E-state index contributed by atoms with van der Waals surface area (Å²) in [6.45, 7) is 0. The van der Waals surface area contributed by atoms with Crippen LogP contribution in [0.1, 0.15) is 32.0 Å². The molecule has 1 aliphatic carbocycles. The number of carbonyl (C=O) groups excluding carboxylic acids is 2. The first-order chi connectivity index (χ1) is 24.4. The first-order valence-electron chi connectivity index (χ1n) is 14.9. The summed E-state index contributed by atoms with van der Waals surface area (Å²) in [4.78, 5) is 33.6. The van der Waals surface area contributed by atoms with E-state index < -0.39 is 39.8 Å². The predicted octanol–water partition coefficient (Wildman–Crippen LogP) is 9.96. The summed E-state index contributed by atoms with van der Waals surface area (Å²) in [5.41, 5.74) is -3.44. The number of methoxy groups -OCH3 is 1. The molecule has 1 aliphatic rings. The third kappa shape index (κ3) is 6.67. The molecule has 2 heterocycles. The van der Waals surface area contributed by atoms with Gasteiger partial charge in [0.25, 0.3) is 11.8 Å². The molecule has 0 fully saturated rings. The van der Waals surface area contributed by atoms with Gasteiger partial charge in [-0.2, -0.15) is 0 Å². The van der Waals surface area contributed by atoms with Crippen molar-refractivity contribution in [2.24, 2.45) is 0 Å². The third-order valence-electron chi connectivity index (χ3n) is 8.09. The van der Waals surface area contributed by atoms with E-state index in [1.807, 2.05) is 0 Å². The Hall–Kier alpha value is -5.23. The highest BCUT2D eigenvalue weighted by Gasteiger charge is 2.55. The molecule has 0 aliphatic heterocycles. The lowest BCUT2D eigenvalue weighted by molar-refractivity contribution is 0.102. The van der Waals surface area contributed by atoms with Crippen LogP contribution in [0.5, 0.6) is 5.75 Å². The topological polar surface area (TPSA) is 93.2 Å². The SMILES string of the molecule is COc1cc(-c2ccccc2NC(=O)c2c(NC(=O)c3cccnc3C3(Cl)C=CC(F)=CC3(F)c3ccc(F)cc3)ccnc2Cl)c(F)cc1Cl. The Kier molecular flexibility index (Phi) is 9.90. The number of hydrogen-bond donors (Lipinski definition) is 2. The molecule has 0 radical (unpaired) electrons. The Morgan fingerprint density at radius 2 is 1.55 bits per heavy atom. The minimum absolute atomic E-state index is 0.0513. The van der Waals surface area contributed by atoms with Crippen LogP contribution in [0.2, 0.25) is 10.2 Å². The van der Waals surface area contributed by atoms with Crippen molar-refractivity contribution in [3.63, 3.8) is 0 Å². The number of ether oxygens (including phenoxy) is 1. The van der Waals surface area contributed by atoms with Crippen LogP contribution in [0.4, 0.5) is 28.9 Å². The molecule has 2 atom stereocenters. The highest BCUT2D eigenvalue weighted by Crippen LogP contribution is 2.54. The van der Waals surface area contributed by atoms with Gasteiger partial charge in [-0.05, 0) is 66.2 Å². The minimum atomic E-state index is -2.84. The zero-order valence-electron chi connectivity index (χ0n) is 26.2. The second kappa shape index (κ2) is 14.2. The second-order valence-electron chi connectivity index (χ2n) is 11.1. The fraction of sp³-hybridized carbons (Fsp3) is 0.0811. The zero-order valence-corrected chi connectivity index (χ0v) is 28.4. The van der Waals surface area contributed by atoms with Gasteiger partial charge < -0.3 is 15.4 Å². The van der Waals surface area contributed by atoms with Gasteiger partial charge in [0.05, 0.1) is 29.1 Å². The van der Waals surface area contributed by atoms with Gasteiger partial charge in [-0.3, -0.25) is 14.6 Å². The summed E-state index contributed by atoms with van der Waals surface area (Å²) >= 11 is 19.4. The van der Waals surface area contributed by atoms with Crippen molar-refractivity contribution in [1.82, 2.24) is 9.97 Å². The molecule has 258 valence electrons. The lowest BCUT2D eigenvalue weighted by Crippen LogP contribution is -2.42. The van der Waals surface area contributed by atoms with Crippen molar-refractivity contribution >= 4 is 58.0 Å². The summed E-state index contributed by atoms with van der Waals surface area (Å²) in [6.07, 6.45) is 5.08. The smallest absolute Gasteiger partial charge is 0.260 e. The van der Waals surface area contributed by atoms with E-state index in [2.05, 4.69) is 20.6 Å². The van der Waals surface area contributed by atoms with Crippen LogP contribution in [0.25, 0.3) is 11.1 Å². The van der Waals surface area contributed by atoms with E-state index in [0.29, 0.717) is 6.08 Å². The van der Waals surface area contributed by atoms with Crippen LogP contribution in [0.15, 0.2) is 115 Å². The summed E-state index contributed by atoms with van der Waals surface area (Å²) in [5.74, 6) is -3.81. The molecule has 2 N–H and O–H groups in total. The molecule has 51 heavy (non-hydrogen) atoms. The molecule has 7 nitrogen and oxygen atoms in total. The van der Waals surface area contributed by atoms with Gasteiger partial charge in [0, 0.05) is 29.2 Å². The van der Waals surface area contributed by atoms with Gasteiger partial charge in [0.1, 0.15) is 38.8 Å². The van der Waals surface area contributed by atoms with Gasteiger partial charge in [-0.1, -0.05) is 59.6 Å². The van der Waals surface area contributed by atoms with Crippen molar-refractivity contribution in [3.8, 4) is 16.9 Å². The van der Waals surface area contributed by atoms with Crippen LogP contribution in [-0.2, 0) is 10.5 Å². The summed E-state index contributed by atoms with van der Waals surface area (Å²) in [6, 6.07) is 17.0. The summed E-state index contributed by atoms with van der Waals surface area (Å²) in [7, 11) is 1.38. The van der Waals surface area contributed by atoms with Crippen molar-refractivity contribution in [1.29, 1.82) is 0 Å². The van der Waals surface area contributed by atoms with Crippen LogP contribution < -0.4 is 15.4 Å². The average Bonchev–Trinajstić information content (AvgIpc) is 3.11. The highest BCUT2D eigenvalue weighted by atomic mass is 35.5. The Bertz CT molecular complexity index is 2250. The zero-order chi connectivity index (χ0) is 36.5. The molecule has 2 aromatic heterocycles. The molecule has 0 saturated heterocycles. The molecule has 0 bridgehead atoms. The Labute approximate surface area is 303 Å². The number of carbonyl (C=O) groups is 2. The molecular weight excluding hydrogens is 731 g/mol. The lowest BCUT2D eigenvalue weighted by atomic mass is 9.76. The van der Waals surface area contributed by atoms with Crippen LogP contribution in [-0.4, -0.2) is 28.9 Å². The maximum Gasteiger partial charge on any atom is 0.260 e. The molecule has 3 aromatic carbocycles. The molecule has 2 amide bonds. The molecule has 2 unspecified atom stereocenters. The van der Waals surface area contributed by atoms with Gasteiger partial charge in [-0.25, -0.2) is 22.5 Å². The number of rotatable bonds is 8. The maximum atomic E-state index is 17.1. The molecular formula is C37H23Cl3F4N4O3. The number of allylic oxidation sites excluding steroid dienone is 4. The first-order valence-corrected chi connectivity index (χ1v) is 16.1. The first kappa shape index (κ1) is 35.6. The van der Waals surface area contributed by atoms with Crippen LogP contribution in [0.3, 0.4) is 0 Å². The summed E-state index contributed by atoms with van der Waals surface area (Å²) < 4.78 is 65.7. The van der Waals surface area contributed by atoms with Crippen molar-refractivity contribution < 1.29 is 31.9 Å². The van der Waals surface area contributed by atoms with Crippen molar-refractivity contribution in [2.75, 3.05) is 17.7 Å². The largest absolute Gasteiger partial charge is 0.495 e. The van der Waals surface area contributed by atoms with Crippen LogP contribution in [0, 0.1) is 11.6 Å². The van der Waals surface area contributed by atoms with Gasteiger partial charge in [0.2, 0.25) is 0 Å². The molecule has 6 rings (SSSR count). The monoisotopic (exact) mass is 752 g/mol. The van der Waals surface area contributed by atoms with E-state index in [4.69, 9.17) is 39.5 Å². The number of alkyl halides is 2. The van der Waals surface area contributed by atoms with E-state index in [0.717, 1.165) is 42.5 Å². The molecule has 14 heteroatoms. The number of halogens is 7. The molecule has 0 spiro atoms. The molecule has 0 saturated carbocycles. The van der Waals surface area contributed by atoms with Crippen molar-refractivity contribution in [3.05, 3.63) is 160 Å².